The van der Waals surface area contributed by atoms with Crippen LogP contribution >= 0.6 is 11.8 Å². The van der Waals surface area contributed by atoms with E-state index in [2.05, 4.69) is 10.1 Å². The zero-order valence-electron chi connectivity index (χ0n) is 10.9. The molecule has 2 rings (SSSR count). The predicted molar refractivity (Wildman–Crippen MR) is 69.3 cm³/mol. The van der Waals surface area contributed by atoms with Gasteiger partial charge in [-0.3, -0.25) is 0 Å². The molecule has 0 saturated carbocycles. The van der Waals surface area contributed by atoms with Crippen molar-refractivity contribution in [1.29, 1.82) is 0 Å². The zero-order valence-corrected chi connectivity index (χ0v) is 11.7. The number of hydrogen-bond donors (Lipinski definition) is 0. The minimum Gasteiger partial charge on any atom is -0.345 e. The third-order valence-electron chi connectivity index (χ3n) is 2.76. The van der Waals surface area contributed by atoms with Crippen molar-refractivity contribution in [2.45, 2.75) is 44.6 Å². The monoisotopic (exact) mass is 272 g/mol. The molecule has 0 spiro atoms. The number of rotatable bonds is 6. The van der Waals surface area contributed by atoms with Crippen LogP contribution in [0.25, 0.3) is 0 Å². The Kier molecular flexibility index (Phi) is 5.46. The standard InChI is InChI=1S/C12H20N2O3S/c1-3-15-12(16-4-2)11-13-10(14-17-11)9-7-5-6-8-18-9/h9,12H,3-8H2,1-2H3. The molecule has 1 atom stereocenters. The van der Waals surface area contributed by atoms with Crippen LogP contribution in [0.1, 0.15) is 56.4 Å². The summed E-state index contributed by atoms with van der Waals surface area (Å²) in [6.45, 7) is 4.95. The molecule has 1 aliphatic rings. The fourth-order valence-electron chi connectivity index (χ4n) is 1.91. The van der Waals surface area contributed by atoms with E-state index < -0.39 is 6.29 Å². The Morgan fingerprint density at radius 3 is 2.72 bits per heavy atom. The van der Waals surface area contributed by atoms with Crippen LogP contribution in [-0.2, 0) is 9.47 Å². The zero-order chi connectivity index (χ0) is 12.8. The molecule has 0 amide bonds. The van der Waals surface area contributed by atoms with Crippen LogP contribution < -0.4 is 0 Å². The van der Waals surface area contributed by atoms with Crippen molar-refractivity contribution in [3.05, 3.63) is 11.7 Å². The Labute approximate surface area is 112 Å². The maximum absolute atomic E-state index is 5.44. The highest BCUT2D eigenvalue weighted by Crippen LogP contribution is 2.37. The van der Waals surface area contributed by atoms with E-state index >= 15 is 0 Å². The van der Waals surface area contributed by atoms with Crippen LogP contribution in [0.15, 0.2) is 4.52 Å². The molecule has 5 nitrogen and oxygen atoms in total. The average Bonchev–Trinajstić information content (AvgIpc) is 2.89. The van der Waals surface area contributed by atoms with E-state index in [0.717, 1.165) is 12.2 Å². The maximum Gasteiger partial charge on any atom is 0.283 e. The van der Waals surface area contributed by atoms with Gasteiger partial charge in [0.25, 0.3) is 5.89 Å². The van der Waals surface area contributed by atoms with Crippen molar-refractivity contribution in [3.8, 4) is 0 Å². The van der Waals surface area contributed by atoms with Crippen LogP contribution in [0.5, 0.6) is 0 Å². The lowest BCUT2D eigenvalue weighted by Gasteiger charge is -2.17. The largest absolute Gasteiger partial charge is 0.345 e. The molecule has 2 heterocycles. The second-order valence-electron chi connectivity index (χ2n) is 4.09. The SMILES string of the molecule is CCOC(OCC)c1nc(C2CCCCS2)no1. The van der Waals surface area contributed by atoms with Crippen molar-refractivity contribution < 1.29 is 14.0 Å². The molecule has 0 bridgehead atoms. The van der Waals surface area contributed by atoms with Crippen LogP contribution in [0.2, 0.25) is 0 Å². The molecule has 1 aliphatic heterocycles. The lowest BCUT2D eigenvalue weighted by molar-refractivity contribution is -0.155. The fraction of sp³-hybridized carbons (Fsp3) is 0.833. The quantitative estimate of drug-likeness (QED) is 0.742. The van der Waals surface area contributed by atoms with E-state index in [1.54, 1.807) is 0 Å². The summed E-state index contributed by atoms with van der Waals surface area (Å²) in [6.07, 6.45) is 3.11. The van der Waals surface area contributed by atoms with E-state index in [1.165, 1.54) is 18.6 Å². The molecule has 1 fully saturated rings. The minimum atomic E-state index is -0.533. The third kappa shape index (κ3) is 3.46. The van der Waals surface area contributed by atoms with E-state index in [-0.39, 0.29) is 0 Å². The Morgan fingerprint density at radius 1 is 1.33 bits per heavy atom. The summed E-state index contributed by atoms with van der Waals surface area (Å²) in [5.74, 6) is 2.38. The number of hydrogen-bond acceptors (Lipinski definition) is 6. The van der Waals surface area contributed by atoms with Crippen molar-refractivity contribution in [2.24, 2.45) is 0 Å². The second-order valence-corrected chi connectivity index (χ2v) is 5.40. The third-order valence-corrected chi connectivity index (χ3v) is 4.14. The molecule has 18 heavy (non-hydrogen) atoms. The number of aromatic nitrogens is 2. The topological polar surface area (TPSA) is 57.4 Å². The second kappa shape index (κ2) is 7.11. The molecule has 1 saturated heterocycles. The highest BCUT2D eigenvalue weighted by Gasteiger charge is 2.25. The van der Waals surface area contributed by atoms with Crippen LogP contribution in [0.4, 0.5) is 0 Å². The molecule has 1 unspecified atom stereocenters. The van der Waals surface area contributed by atoms with Crippen molar-refractivity contribution in [2.75, 3.05) is 19.0 Å². The van der Waals surface area contributed by atoms with Crippen molar-refractivity contribution >= 4 is 11.8 Å². The molecule has 0 aliphatic carbocycles. The van der Waals surface area contributed by atoms with E-state index in [0.29, 0.717) is 24.4 Å². The van der Waals surface area contributed by atoms with Gasteiger partial charge in [-0.25, -0.2) is 0 Å². The normalized spacial score (nSPS) is 20.5. The first-order chi connectivity index (χ1) is 8.85. The molecule has 1 aromatic rings. The van der Waals surface area contributed by atoms with E-state index in [1.807, 2.05) is 25.6 Å². The van der Waals surface area contributed by atoms with Gasteiger partial charge in [-0.1, -0.05) is 11.6 Å². The van der Waals surface area contributed by atoms with Crippen LogP contribution in [-0.4, -0.2) is 29.1 Å². The van der Waals surface area contributed by atoms with Crippen molar-refractivity contribution in [1.82, 2.24) is 10.1 Å². The van der Waals surface area contributed by atoms with Crippen LogP contribution in [0, 0.1) is 0 Å². The van der Waals surface area contributed by atoms with Gasteiger partial charge in [0.15, 0.2) is 5.82 Å². The molecule has 1 aromatic heterocycles. The summed E-state index contributed by atoms with van der Waals surface area (Å²) in [4.78, 5) is 4.42. The van der Waals surface area contributed by atoms with Gasteiger partial charge in [-0.2, -0.15) is 16.7 Å². The molecule has 0 aromatic carbocycles. The fourth-order valence-corrected chi connectivity index (χ4v) is 3.15. The number of ether oxygens (including phenoxy) is 2. The highest BCUT2D eigenvalue weighted by molar-refractivity contribution is 7.99. The Hall–Kier alpha value is -0.590. The summed E-state index contributed by atoms with van der Waals surface area (Å²) in [5, 5.41) is 4.42. The Balaban J connectivity index is 2.02. The van der Waals surface area contributed by atoms with Gasteiger partial charge in [0.1, 0.15) is 0 Å². The summed E-state index contributed by atoms with van der Waals surface area (Å²) in [5.41, 5.74) is 0. The van der Waals surface area contributed by atoms with Gasteiger partial charge in [-0.05, 0) is 32.4 Å². The van der Waals surface area contributed by atoms with E-state index in [4.69, 9.17) is 14.0 Å². The summed E-state index contributed by atoms with van der Waals surface area (Å²) >= 11 is 1.90. The van der Waals surface area contributed by atoms with Gasteiger partial charge in [0.2, 0.25) is 6.29 Å². The average molecular weight is 272 g/mol. The summed E-state index contributed by atoms with van der Waals surface area (Å²) in [6, 6.07) is 0. The first kappa shape index (κ1) is 13.8. The highest BCUT2D eigenvalue weighted by atomic mass is 32.2. The van der Waals surface area contributed by atoms with Gasteiger partial charge in [0.05, 0.1) is 5.25 Å². The molecular formula is C12H20N2O3S. The lowest BCUT2D eigenvalue weighted by atomic mass is 10.2. The van der Waals surface area contributed by atoms with Crippen LogP contribution in [0.3, 0.4) is 0 Å². The number of nitrogens with zero attached hydrogens (tertiary/aromatic N) is 2. The smallest absolute Gasteiger partial charge is 0.283 e. The lowest BCUT2D eigenvalue weighted by Crippen LogP contribution is -2.10. The number of thioether (sulfide) groups is 1. The van der Waals surface area contributed by atoms with Gasteiger partial charge < -0.3 is 14.0 Å². The first-order valence-electron chi connectivity index (χ1n) is 6.53. The van der Waals surface area contributed by atoms with Gasteiger partial charge in [-0.15, -0.1) is 0 Å². The minimum absolute atomic E-state index is 0.361. The molecule has 6 heteroatoms. The molecular weight excluding hydrogens is 252 g/mol. The summed E-state index contributed by atoms with van der Waals surface area (Å²) in [7, 11) is 0. The maximum atomic E-state index is 5.44. The van der Waals surface area contributed by atoms with Crippen molar-refractivity contribution in [3.63, 3.8) is 0 Å². The molecule has 102 valence electrons. The molecule has 0 N–H and O–H groups in total. The Morgan fingerprint density at radius 2 is 2.11 bits per heavy atom. The summed E-state index contributed by atoms with van der Waals surface area (Å²) < 4.78 is 16.1. The first-order valence-corrected chi connectivity index (χ1v) is 7.58. The van der Waals surface area contributed by atoms with Gasteiger partial charge in [0, 0.05) is 13.2 Å². The predicted octanol–water partition coefficient (Wildman–Crippen LogP) is 3.10. The van der Waals surface area contributed by atoms with E-state index in [9.17, 15) is 0 Å². The van der Waals surface area contributed by atoms with Gasteiger partial charge >= 0.3 is 0 Å². The molecule has 0 radical (unpaired) electrons. The Bertz CT molecular complexity index is 347.